The standard InChI is InChI=1S/C14H18N4O2/c1-17(14(19)20)11-4-2-10(3-5-11)13-12-8-15-6-7-18(12)9-16-13/h6-11H,2-5H2,1H3,(H,19,20). The Hall–Kier alpha value is -2.11. The average molecular weight is 274 g/mol. The van der Waals surface area contributed by atoms with E-state index in [1.807, 2.05) is 23.1 Å². The molecule has 20 heavy (non-hydrogen) atoms. The maximum absolute atomic E-state index is 11.0. The summed E-state index contributed by atoms with van der Waals surface area (Å²) < 4.78 is 1.98. The number of imidazole rings is 1. The van der Waals surface area contributed by atoms with E-state index < -0.39 is 6.09 Å². The van der Waals surface area contributed by atoms with E-state index in [0.29, 0.717) is 5.92 Å². The molecule has 6 nitrogen and oxygen atoms in total. The second kappa shape index (κ2) is 5.11. The van der Waals surface area contributed by atoms with Gasteiger partial charge >= 0.3 is 6.09 Å². The van der Waals surface area contributed by atoms with Crippen LogP contribution in [0.3, 0.4) is 0 Å². The summed E-state index contributed by atoms with van der Waals surface area (Å²) in [5.74, 6) is 0.405. The van der Waals surface area contributed by atoms with Gasteiger partial charge in [0.15, 0.2) is 0 Å². The molecule has 1 fully saturated rings. The Balaban J connectivity index is 1.74. The highest BCUT2D eigenvalue weighted by Crippen LogP contribution is 2.35. The second-order valence-electron chi connectivity index (χ2n) is 5.40. The highest BCUT2D eigenvalue weighted by Gasteiger charge is 2.28. The maximum Gasteiger partial charge on any atom is 0.407 e. The molecule has 6 heteroatoms. The number of fused-ring (bicyclic) bond motifs is 1. The fraction of sp³-hybridized carbons (Fsp3) is 0.500. The SMILES string of the molecule is CN(C(=O)O)C1CCC(c2ncn3ccncc23)CC1. The molecule has 1 amide bonds. The van der Waals surface area contributed by atoms with Crippen molar-refractivity contribution in [1.82, 2.24) is 19.3 Å². The minimum absolute atomic E-state index is 0.135. The molecular weight excluding hydrogens is 256 g/mol. The molecule has 2 aromatic heterocycles. The van der Waals surface area contributed by atoms with E-state index in [0.717, 1.165) is 36.9 Å². The molecule has 0 spiro atoms. The Morgan fingerprint density at radius 3 is 2.85 bits per heavy atom. The van der Waals surface area contributed by atoms with Gasteiger partial charge in [0.25, 0.3) is 0 Å². The summed E-state index contributed by atoms with van der Waals surface area (Å²) >= 11 is 0. The molecule has 3 rings (SSSR count). The molecule has 1 N–H and O–H groups in total. The van der Waals surface area contributed by atoms with Gasteiger partial charge in [-0.15, -0.1) is 0 Å². The second-order valence-corrected chi connectivity index (χ2v) is 5.40. The molecule has 2 aromatic rings. The zero-order valence-electron chi connectivity index (χ0n) is 11.4. The molecule has 0 atom stereocenters. The van der Waals surface area contributed by atoms with Crippen molar-refractivity contribution in [2.24, 2.45) is 0 Å². The third-order valence-corrected chi connectivity index (χ3v) is 4.30. The van der Waals surface area contributed by atoms with Crippen LogP contribution in [-0.2, 0) is 0 Å². The zero-order valence-corrected chi connectivity index (χ0v) is 11.4. The number of nitrogens with zero attached hydrogens (tertiary/aromatic N) is 4. The van der Waals surface area contributed by atoms with Crippen molar-refractivity contribution in [2.45, 2.75) is 37.6 Å². The van der Waals surface area contributed by atoms with Crippen molar-refractivity contribution < 1.29 is 9.90 Å². The van der Waals surface area contributed by atoms with Crippen molar-refractivity contribution in [1.29, 1.82) is 0 Å². The van der Waals surface area contributed by atoms with Crippen LogP contribution in [-0.4, -0.2) is 43.6 Å². The van der Waals surface area contributed by atoms with Crippen molar-refractivity contribution in [3.8, 4) is 0 Å². The lowest BCUT2D eigenvalue weighted by Crippen LogP contribution is -2.38. The number of amides is 1. The molecule has 0 aliphatic heterocycles. The van der Waals surface area contributed by atoms with E-state index in [1.165, 1.54) is 4.90 Å². The van der Waals surface area contributed by atoms with Crippen LogP contribution < -0.4 is 0 Å². The molecule has 0 unspecified atom stereocenters. The van der Waals surface area contributed by atoms with Gasteiger partial charge in [0.2, 0.25) is 0 Å². The first-order valence-corrected chi connectivity index (χ1v) is 6.89. The number of hydrogen-bond donors (Lipinski definition) is 1. The molecule has 0 aromatic carbocycles. The Kier molecular flexibility index (Phi) is 3.30. The minimum Gasteiger partial charge on any atom is -0.465 e. The quantitative estimate of drug-likeness (QED) is 0.912. The van der Waals surface area contributed by atoms with E-state index in [9.17, 15) is 4.79 Å². The third kappa shape index (κ3) is 2.21. The summed E-state index contributed by atoms with van der Waals surface area (Å²) in [6.07, 6.45) is 10.2. The van der Waals surface area contributed by atoms with Crippen LogP contribution in [0.4, 0.5) is 4.79 Å². The molecule has 1 aliphatic carbocycles. The molecule has 0 bridgehead atoms. The molecule has 0 radical (unpaired) electrons. The van der Waals surface area contributed by atoms with Gasteiger partial charge in [0, 0.05) is 31.4 Å². The Labute approximate surface area is 117 Å². The first kappa shape index (κ1) is 12.9. The molecule has 2 heterocycles. The Morgan fingerprint density at radius 1 is 1.40 bits per heavy atom. The average Bonchev–Trinajstić information content (AvgIpc) is 2.90. The molecule has 0 saturated heterocycles. The van der Waals surface area contributed by atoms with Gasteiger partial charge in [-0.3, -0.25) is 4.98 Å². The van der Waals surface area contributed by atoms with Gasteiger partial charge in [0.1, 0.15) is 0 Å². The smallest absolute Gasteiger partial charge is 0.407 e. The number of carboxylic acid groups (broad SMARTS) is 1. The van der Waals surface area contributed by atoms with Crippen LogP contribution in [0.15, 0.2) is 24.9 Å². The van der Waals surface area contributed by atoms with Crippen molar-refractivity contribution in [3.63, 3.8) is 0 Å². The lowest BCUT2D eigenvalue weighted by atomic mass is 9.83. The number of aromatic nitrogens is 3. The highest BCUT2D eigenvalue weighted by molar-refractivity contribution is 5.65. The van der Waals surface area contributed by atoms with E-state index >= 15 is 0 Å². The fourth-order valence-corrected chi connectivity index (χ4v) is 3.07. The summed E-state index contributed by atoms with van der Waals surface area (Å²) in [5.41, 5.74) is 2.15. The van der Waals surface area contributed by atoms with E-state index in [1.54, 1.807) is 13.2 Å². The van der Waals surface area contributed by atoms with E-state index in [4.69, 9.17) is 5.11 Å². The van der Waals surface area contributed by atoms with Crippen LogP contribution in [0.1, 0.15) is 37.3 Å². The first-order chi connectivity index (χ1) is 9.66. The largest absolute Gasteiger partial charge is 0.465 e. The van der Waals surface area contributed by atoms with Gasteiger partial charge < -0.3 is 14.4 Å². The predicted molar refractivity (Wildman–Crippen MR) is 73.8 cm³/mol. The zero-order chi connectivity index (χ0) is 14.1. The Bertz CT molecular complexity index is 616. The summed E-state index contributed by atoms with van der Waals surface area (Å²) in [6, 6.07) is 0.135. The van der Waals surface area contributed by atoms with Crippen LogP contribution in [0.25, 0.3) is 5.52 Å². The van der Waals surface area contributed by atoms with Crippen molar-refractivity contribution >= 4 is 11.6 Å². The summed E-state index contributed by atoms with van der Waals surface area (Å²) in [6.45, 7) is 0. The van der Waals surface area contributed by atoms with Gasteiger partial charge in [-0.2, -0.15) is 0 Å². The fourth-order valence-electron chi connectivity index (χ4n) is 3.07. The summed E-state index contributed by atoms with van der Waals surface area (Å²) in [7, 11) is 1.66. The van der Waals surface area contributed by atoms with Crippen molar-refractivity contribution in [3.05, 3.63) is 30.6 Å². The normalized spacial score (nSPS) is 22.9. The topological polar surface area (TPSA) is 70.7 Å². The minimum atomic E-state index is -0.843. The monoisotopic (exact) mass is 274 g/mol. The van der Waals surface area contributed by atoms with E-state index in [-0.39, 0.29) is 6.04 Å². The van der Waals surface area contributed by atoms with Crippen LogP contribution in [0.5, 0.6) is 0 Å². The van der Waals surface area contributed by atoms with Crippen LogP contribution in [0, 0.1) is 0 Å². The van der Waals surface area contributed by atoms with Crippen LogP contribution >= 0.6 is 0 Å². The predicted octanol–water partition coefficient (Wildman–Crippen LogP) is 2.37. The number of hydrogen-bond acceptors (Lipinski definition) is 3. The molecule has 1 saturated carbocycles. The third-order valence-electron chi connectivity index (χ3n) is 4.30. The van der Waals surface area contributed by atoms with Gasteiger partial charge in [-0.25, -0.2) is 9.78 Å². The lowest BCUT2D eigenvalue weighted by molar-refractivity contribution is 0.124. The summed E-state index contributed by atoms with van der Waals surface area (Å²) in [5, 5.41) is 9.03. The van der Waals surface area contributed by atoms with Gasteiger partial charge in [0.05, 0.1) is 23.7 Å². The maximum atomic E-state index is 11.0. The molecular formula is C14H18N4O2. The molecule has 1 aliphatic rings. The number of carbonyl (C=O) groups is 1. The Morgan fingerprint density at radius 2 is 2.15 bits per heavy atom. The lowest BCUT2D eigenvalue weighted by Gasteiger charge is -2.32. The van der Waals surface area contributed by atoms with Gasteiger partial charge in [-0.1, -0.05) is 0 Å². The van der Waals surface area contributed by atoms with Crippen molar-refractivity contribution in [2.75, 3.05) is 7.05 Å². The highest BCUT2D eigenvalue weighted by atomic mass is 16.4. The summed E-state index contributed by atoms with van der Waals surface area (Å²) in [4.78, 5) is 21.1. The number of rotatable bonds is 2. The molecule has 106 valence electrons. The van der Waals surface area contributed by atoms with Crippen LogP contribution in [0.2, 0.25) is 0 Å². The van der Waals surface area contributed by atoms with E-state index in [2.05, 4.69) is 9.97 Å². The van der Waals surface area contributed by atoms with Gasteiger partial charge in [-0.05, 0) is 25.7 Å². The first-order valence-electron chi connectivity index (χ1n) is 6.89.